The molecule has 4 N–H and O–H groups in total. The zero-order valence-corrected chi connectivity index (χ0v) is 17.0. The Hall–Kier alpha value is -2.95. The largest absolute Gasteiger partial charge is 0.402 e. The summed E-state index contributed by atoms with van der Waals surface area (Å²) in [6.07, 6.45) is 6.28. The number of nitrogens with two attached hydrogens (primary N) is 1. The van der Waals surface area contributed by atoms with E-state index >= 15 is 0 Å². The van der Waals surface area contributed by atoms with Crippen molar-refractivity contribution in [2.24, 2.45) is 11.1 Å². The Morgan fingerprint density at radius 2 is 2.14 bits per heavy atom. The zero-order valence-electron chi connectivity index (χ0n) is 17.0. The fourth-order valence-electron chi connectivity index (χ4n) is 3.47. The third kappa shape index (κ3) is 4.66. The van der Waals surface area contributed by atoms with Crippen LogP contribution in [0, 0.1) is 10.8 Å². The molecule has 0 aromatic carbocycles. The number of rotatable bonds is 6. The van der Waals surface area contributed by atoms with Gasteiger partial charge in [-0.2, -0.15) is 0 Å². The summed E-state index contributed by atoms with van der Waals surface area (Å²) in [5.74, 6) is 0.722. The smallest absolute Gasteiger partial charge is 0.127 e. The summed E-state index contributed by atoms with van der Waals surface area (Å²) in [5.41, 5.74) is 12.4. The topological polar surface area (TPSA) is 87.7 Å². The Morgan fingerprint density at radius 1 is 1.36 bits per heavy atom. The molecule has 0 saturated carbocycles. The van der Waals surface area contributed by atoms with Crippen LogP contribution >= 0.6 is 0 Å². The van der Waals surface area contributed by atoms with Gasteiger partial charge in [0.1, 0.15) is 5.82 Å². The van der Waals surface area contributed by atoms with Gasteiger partial charge >= 0.3 is 0 Å². The van der Waals surface area contributed by atoms with Gasteiger partial charge in [0.05, 0.1) is 11.4 Å². The van der Waals surface area contributed by atoms with Crippen LogP contribution in [-0.4, -0.2) is 15.7 Å². The molecule has 2 aromatic rings. The minimum atomic E-state index is 0.200. The van der Waals surface area contributed by atoms with E-state index in [-0.39, 0.29) is 5.41 Å². The lowest BCUT2D eigenvalue weighted by Crippen LogP contribution is -2.25. The van der Waals surface area contributed by atoms with Gasteiger partial charge in [0.25, 0.3) is 0 Å². The highest BCUT2D eigenvalue weighted by atomic mass is 15.0. The van der Waals surface area contributed by atoms with E-state index in [4.69, 9.17) is 11.1 Å². The number of aromatic nitrogens is 2. The van der Waals surface area contributed by atoms with Gasteiger partial charge in [0.15, 0.2) is 0 Å². The van der Waals surface area contributed by atoms with E-state index in [1.807, 2.05) is 37.4 Å². The molecule has 146 valence electrons. The second-order valence-electron chi connectivity index (χ2n) is 8.34. The van der Waals surface area contributed by atoms with E-state index in [1.54, 1.807) is 6.20 Å². The average Bonchev–Trinajstić information content (AvgIpc) is 2.66. The van der Waals surface area contributed by atoms with Crippen molar-refractivity contribution in [1.29, 1.82) is 5.41 Å². The van der Waals surface area contributed by atoms with E-state index in [0.717, 1.165) is 58.7 Å². The molecule has 2 aromatic heterocycles. The van der Waals surface area contributed by atoms with Crippen LogP contribution in [-0.2, 0) is 6.54 Å². The maximum absolute atomic E-state index is 8.78. The normalized spacial score (nSPS) is 16.0. The fraction of sp³-hybridized carbons (Fsp3) is 0.348. The predicted octanol–water partition coefficient (Wildman–Crippen LogP) is 4.91. The molecule has 5 heteroatoms. The van der Waals surface area contributed by atoms with Crippen molar-refractivity contribution in [1.82, 2.24) is 9.97 Å². The van der Waals surface area contributed by atoms with Gasteiger partial charge < -0.3 is 11.1 Å². The summed E-state index contributed by atoms with van der Waals surface area (Å²) < 4.78 is 0. The van der Waals surface area contributed by atoms with Gasteiger partial charge in [0.2, 0.25) is 0 Å². The maximum Gasteiger partial charge on any atom is 0.127 e. The molecule has 0 saturated heterocycles. The molecule has 1 aliphatic rings. The van der Waals surface area contributed by atoms with Crippen molar-refractivity contribution in [3.63, 3.8) is 0 Å². The summed E-state index contributed by atoms with van der Waals surface area (Å²) in [6, 6.07) is 7.78. The van der Waals surface area contributed by atoms with Crippen molar-refractivity contribution < 1.29 is 0 Å². The molecule has 2 heterocycles. The van der Waals surface area contributed by atoms with Crippen molar-refractivity contribution >= 4 is 17.1 Å². The Balaban J connectivity index is 1.89. The molecular formula is C23H29N5. The number of allylic oxidation sites excluding steroid dienone is 3. The Kier molecular flexibility index (Phi) is 5.63. The highest BCUT2D eigenvalue weighted by Crippen LogP contribution is 2.38. The second-order valence-corrected chi connectivity index (χ2v) is 8.34. The van der Waals surface area contributed by atoms with Crippen LogP contribution in [0.2, 0.25) is 0 Å². The monoisotopic (exact) mass is 375 g/mol. The summed E-state index contributed by atoms with van der Waals surface area (Å²) in [5, 5.41) is 12.1. The van der Waals surface area contributed by atoms with Gasteiger partial charge in [-0.15, -0.1) is 0 Å². The molecule has 3 rings (SSSR count). The summed E-state index contributed by atoms with van der Waals surface area (Å²) in [4.78, 5) is 8.78. The van der Waals surface area contributed by atoms with Crippen LogP contribution in [0.25, 0.3) is 5.57 Å². The molecule has 0 amide bonds. The number of pyridine rings is 2. The van der Waals surface area contributed by atoms with Gasteiger partial charge in [-0.3, -0.25) is 10.4 Å². The molecule has 0 aliphatic heterocycles. The lowest BCUT2D eigenvalue weighted by Gasteiger charge is -2.32. The quantitative estimate of drug-likeness (QED) is 0.626. The SMILES string of the molecule is C=C(C)c1cc(C(=N)C2=C(N)CC(C)(C)CC2)cc(NCc2cccnc2)n1. The molecule has 0 radical (unpaired) electrons. The highest BCUT2D eigenvalue weighted by molar-refractivity contribution is 6.11. The van der Waals surface area contributed by atoms with Crippen LogP contribution in [0.1, 0.15) is 56.9 Å². The van der Waals surface area contributed by atoms with Gasteiger partial charge in [-0.1, -0.05) is 26.5 Å². The molecule has 0 bridgehead atoms. The molecule has 1 aliphatic carbocycles. The standard InChI is InChI=1S/C23H29N5/c1-15(2)20-10-17(22(25)18-7-8-23(3,4)12-19(18)24)11-21(28-20)27-14-16-6-5-9-26-13-16/h5-6,9-11,13,25H,1,7-8,12,14,24H2,2-4H3,(H,27,28). The third-order valence-corrected chi connectivity index (χ3v) is 5.16. The molecule has 0 spiro atoms. The van der Waals surface area contributed by atoms with Crippen LogP contribution in [0.5, 0.6) is 0 Å². The van der Waals surface area contributed by atoms with Gasteiger partial charge in [0, 0.05) is 30.2 Å². The third-order valence-electron chi connectivity index (χ3n) is 5.16. The first-order valence-corrected chi connectivity index (χ1v) is 9.63. The fourth-order valence-corrected chi connectivity index (χ4v) is 3.47. The maximum atomic E-state index is 8.78. The summed E-state index contributed by atoms with van der Waals surface area (Å²) in [7, 11) is 0. The van der Waals surface area contributed by atoms with Crippen molar-refractivity contribution in [3.8, 4) is 0 Å². The van der Waals surface area contributed by atoms with E-state index in [1.165, 1.54) is 0 Å². The first kappa shape index (κ1) is 19.8. The lowest BCUT2D eigenvalue weighted by molar-refractivity contribution is 0.315. The van der Waals surface area contributed by atoms with Crippen molar-refractivity contribution in [2.75, 3.05) is 5.32 Å². The number of nitrogens with one attached hydrogen (secondary N) is 2. The minimum absolute atomic E-state index is 0.200. The Bertz CT molecular complexity index is 925. The minimum Gasteiger partial charge on any atom is -0.402 e. The number of hydrogen-bond donors (Lipinski definition) is 3. The summed E-state index contributed by atoms with van der Waals surface area (Å²) in [6.45, 7) is 11.0. The van der Waals surface area contributed by atoms with E-state index in [2.05, 4.69) is 35.7 Å². The van der Waals surface area contributed by atoms with Crippen molar-refractivity contribution in [3.05, 3.63) is 71.3 Å². The van der Waals surface area contributed by atoms with Gasteiger partial charge in [-0.05, 0) is 66.5 Å². The average molecular weight is 376 g/mol. The van der Waals surface area contributed by atoms with Crippen LogP contribution in [0.3, 0.4) is 0 Å². The highest BCUT2D eigenvalue weighted by Gasteiger charge is 2.28. The first-order chi connectivity index (χ1) is 13.2. The van der Waals surface area contributed by atoms with Gasteiger partial charge in [-0.25, -0.2) is 4.98 Å². The Labute approximate surface area is 167 Å². The molecule has 0 atom stereocenters. The first-order valence-electron chi connectivity index (χ1n) is 9.63. The van der Waals surface area contributed by atoms with Crippen LogP contribution < -0.4 is 11.1 Å². The second kappa shape index (κ2) is 7.97. The number of anilines is 1. The molecule has 0 unspecified atom stereocenters. The number of nitrogens with zero attached hydrogens (tertiary/aromatic N) is 2. The van der Waals surface area contributed by atoms with E-state index < -0.39 is 0 Å². The zero-order chi connectivity index (χ0) is 20.3. The predicted molar refractivity (Wildman–Crippen MR) is 116 cm³/mol. The van der Waals surface area contributed by atoms with Crippen LogP contribution in [0.4, 0.5) is 5.82 Å². The van der Waals surface area contributed by atoms with E-state index in [9.17, 15) is 0 Å². The number of hydrogen-bond acceptors (Lipinski definition) is 5. The molecule has 28 heavy (non-hydrogen) atoms. The molecule has 0 fully saturated rings. The summed E-state index contributed by atoms with van der Waals surface area (Å²) >= 11 is 0. The molecular weight excluding hydrogens is 346 g/mol. The molecule has 5 nitrogen and oxygen atoms in total. The van der Waals surface area contributed by atoms with Crippen molar-refractivity contribution in [2.45, 2.75) is 46.6 Å². The lowest BCUT2D eigenvalue weighted by atomic mass is 9.75. The van der Waals surface area contributed by atoms with E-state index in [0.29, 0.717) is 12.3 Å². The van der Waals surface area contributed by atoms with Crippen LogP contribution in [0.15, 0.2) is 54.5 Å². The Morgan fingerprint density at radius 3 is 2.79 bits per heavy atom.